The lowest BCUT2D eigenvalue weighted by Gasteiger charge is -2.16. The van der Waals surface area contributed by atoms with E-state index in [4.69, 9.17) is 9.15 Å². The van der Waals surface area contributed by atoms with Gasteiger partial charge >= 0.3 is 0 Å². The fourth-order valence-electron chi connectivity index (χ4n) is 2.67. The molecule has 0 aliphatic rings. The third-order valence-electron chi connectivity index (χ3n) is 3.97. The molecule has 23 heavy (non-hydrogen) atoms. The maximum Gasteiger partial charge on any atom is 0.160 e. The molecule has 0 saturated carbocycles. The highest BCUT2D eigenvalue weighted by atomic mass is 16.5. The van der Waals surface area contributed by atoms with Gasteiger partial charge in [-0.2, -0.15) is 0 Å². The van der Waals surface area contributed by atoms with E-state index in [1.807, 2.05) is 24.4 Å². The van der Waals surface area contributed by atoms with Crippen molar-refractivity contribution in [3.05, 3.63) is 54.7 Å². The number of furan rings is 1. The minimum absolute atomic E-state index is 0.114. The van der Waals surface area contributed by atoms with Crippen molar-refractivity contribution >= 4 is 0 Å². The molecule has 2 aromatic heterocycles. The molecule has 0 fully saturated rings. The van der Waals surface area contributed by atoms with Crippen molar-refractivity contribution in [2.75, 3.05) is 7.11 Å². The molecule has 3 aromatic rings. The molecule has 0 amide bonds. The van der Waals surface area contributed by atoms with Crippen LogP contribution in [0.4, 0.5) is 0 Å². The molecule has 1 aromatic carbocycles. The van der Waals surface area contributed by atoms with E-state index < -0.39 is 0 Å². The molecular weight excluding hydrogens is 292 g/mol. The number of phenols is 1. The number of benzene rings is 1. The van der Waals surface area contributed by atoms with E-state index in [9.17, 15) is 5.11 Å². The maximum absolute atomic E-state index is 9.97. The second-order valence-electron chi connectivity index (χ2n) is 5.51. The molecule has 0 radical (unpaired) electrons. The number of rotatable bonds is 6. The summed E-state index contributed by atoms with van der Waals surface area (Å²) >= 11 is 0. The largest absolute Gasteiger partial charge is 0.504 e. The van der Waals surface area contributed by atoms with Crippen LogP contribution in [0.1, 0.15) is 25.1 Å². The van der Waals surface area contributed by atoms with Crippen molar-refractivity contribution in [1.29, 1.82) is 0 Å². The molecule has 0 aliphatic carbocycles. The standard InChI is InChI=1S/C18H20N2O3/c1-13(5-7-15-4-3-11-23-15)20-10-9-19-18(20)14-6-8-17(22-2)16(21)12-14/h3-4,6,8-13,21H,5,7H2,1-2H3/t13-/m0/s1. The zero-order valence-electron chi connectivity index (χ0n) is 13.3. The van der Waals surface area contributed by atoms with Gasteiger partial charge in [0.05, 0.1) is 13.4 Å². The van der Waals surface area contributed by atoms with Crippen LogP contribution in [0.15, 0.2) is 53.4 Å². The highest BCUT2D eigenvalue weighted by Gasteiger charge is 2.14. The first-order valence-corrected chi connectivity index (χ1v) is 7.61. The van der Waals surface area contributed by atoms with Crippen LogP contribution in [0.5, 0.6) is 11.5 Å². The first kappa shape index (κ1) is 15.2. The Labute approximate surface area is 135 Å². The molecule has 1 atom stereocenters. The van der Waals surface area contributed by atoms with Crippen molar-refractivity contribution in [2.24, 2.45) is 0 Å². The summed E-state index contributed by atoms with van der Waals surface area (Å²) in [6, 6.07) is 9.48. The number of hydrogen-bond acceptors (Lipinski definition) is 4. The minimum Gasteiger partial charge on any atom is -0.504 e. The lowest BCUT2D eigenvalue weighted by molar-refractivity contribution is 0.373. The summed E-state index contributed by atoms with van der Waals surface area (Å²) in [6.07, 6.45) is 7.25. The van der Waals surface area contributed by atoms with E-state index in [1.165, 1.54) is 7.11 Å². The second kappa shape index (κ2) is 6.60. The van der Waals surface area contributed by atoms with E-state index in [0.29, 0.717) is 5.75 Å². The van der Waals surface area contributed by atoms with Crippen LogP contribution in [0.25, 0.3) is 11.4 Å². The van der Waals surface area contributed by atoms with E-state index >= 15 is 0 Å². The molecule has 0 unspecified atom stereocenters. The summed E-state index contributed by atoms with van der Waals surface area (Å²) in [6.45, 7) is 2.15. The Kier molecular flexibility index (Phi) is 4.37. The third-order valence-corrected chi connectivity index (χ3v) is 3.97. The summed E-state index contributed by atoms with van der Waals surface area (Å²) < 4.78 is 12.6. The zero-order valence-corrected chi connectivity index (χ0v) is 13.3. The molecule has 0 bridgehead atoms. The average molecular weight is 312 g/mol. The quantitative estimate of drug-likeness (QED) is 0.746. The zero-order chi connectivity index (χ0) is 16.2. The van der Waals surface area contributed by atoms with E-state index in [1.54, 1.807) is 24.6 Å². The molecule has 1 N–H and O–H groups in total. The van der Waals surface area contributed by atoms with Gasteiger partial charge in [0.2, 0.25) is 0 Å². The van der Waals surface area contributed by atoms with Gasteiger partial charge in [0.1, 0.15) is 11.6 Å². The van der Waals surface area contributed by atoms with Crippen molar-refractivity contribution in [2.45, 2.75) is 25.8 Å². The van der Waals surface area contributed by atoms with Gasteiger partial charge in [-0.25, -0.2) is 4.98 Å². The van der Waals surface area contributed by atoms with Crippen LogP contribution in [-0.4, -0.2) is 21.8 Å². The number of aromatic nitrogens is 2. The number of imidazole rings is 1. The lowest BCUT2D eigenvalue weighted by Crippen LogP contribution is -2.07. The summed E-state index contributed by atoms with van der Waals surface area (Å²) in [7, 11) is 1.53. The number of phenolic OH excluding ortho intramolecular Hbond substituents is 1. The van der Waals surface area contributed by atoms with Crippen LogP contribution < -0.4 is 4.74 Å². The molecular formula is C18H20N2O3. The minimum atomic E-state index is 0.114. The van der Waals surface area contributed by atoms with Crippen LogP contribution in [-0.2, 0) is 6.42 Å². The summed E-state index contributed by atoms with van der Waals surface area (Å²) in [5.74, 6) is 2.39. The first-order chi connectivity index (χ1) is 11.2. The number of methoxy groups -OCH3 is 1. The Bertz CT molecular complexity index is 762. The van der Waals surface area contributed by atoms with Gasteiger partial charge in [-0.15, -0.1) is 0 Å². The van der Waals surface area contributed by atoms with Crippen LogP contribution >= 0.6 is 0 Å². The predicted octanol–water partition coefficient (Wildman–Crippen LogP) is 4.05. The van der Waals surface area contributed by atoms with Gasteiger partial charge in [0, 0.05) is 30.4 Å². The SMILES string of the molecule is COc1ccc(-c2nccn2[C@@H](C)CCc2ccco2)cc1O. The fourth-order valence-corrected chi connectivity index (χ4v) is 2.67. The van der Waals surface area contributed by atoms with Crippen molar-refractivity contribution in [1.82, 2.24) is 9.55 Å². The van der Waals surface area contributed by atoms with Crippen molar-refractivity contribution in [3.8, 4) is 22.9 Å². The molecule has 3 rings (SSSR count). The Morgan fingerprint density at radius 3 is 2.91 bits per heavy atom. The summed E-state index contributed by atoms with van der Waals surface area (Å²) in [5.41, 5.74) is 0.859. The number of aromatic hydroxyl groups is 1. The lowest BCUT2D eigenvalue weighted by atomic mass is 10.1. The molecule has 0 saturated heterocycles. The van der Waals surface area contributed by atoms with Gasteiger partial charge in [-0.3, -0.25) is 0 Å². The Morgan fingerprint density at radius 1 is 1.35 bits per heavy atom. The van der Waals surface area contributed by atoms with Gasteiger partial charge in [-0.05, 0) is 43.7 Å². The van der Waals surface area contributed by atoms with Gasteiger partial charge in [0.25, 0.3) is 0 Å². The maximum atomic E-state index is 9.97. The molecule has 0 spiro atoms. The van der Waals surface area contributed by atoms with Crippen LogP contribution in [0.2, 0.25) is 0 Å². The molecule has 5 nitrogen and oxygen atoms in total. The van der Waals surface area contributed by atoms with E-state index in [2.05, 4.69) is 16.5 Å². The third kappa shape index (κ3) is 3.23. The first-order valence-electron chi connectivity index (χ1n) is 7.61. The van der Waals surface area contributed by atoms with Gasteiger partial charge in [0.15, 0.2) is 11.5 Å². The van der Waals surface area contributed by atoms with E-state index in [-0.39, 0.29) is 11.8 Å². The number of nitrogens with zero attached hydrogens (tertiary/aromatic N) is 2. The molecule has 2 heterocycles. The highest BCUT2D eigenvalue weighted by molar-refractivity contribution is 5.61. The summed E-state index contributed by atoms with van der Waals surface area (Å²) in [5, 5.41) is 9.97. The Hall–Kier alpha value is -2.69. The number of aryl methyl sites for hydroxylation is 1. The highest BCUT2D eigenvalue weighted by Crippen LogP contribution is 2.32. The average Bonchev–Trinajstić information content (AvgIpc) is 3.24. The van der Waals surface area contributed by atoms with Gasteiger partial charge in [-0.1, -0.05) is 0 Å². The number of ether oxygens (including phenoxy) is 1. The molecule has 0 aliphatic heterocycles. The van der Waals surface area contributed by atoms with Crippen LogP contribution in [0, 0.1) is 0 Å². The Morgan fingerprint density at radius 2 is 2.22 bits per heavy atom. The smallest absolute Gasteiger partial charge is 0.160 e. The van der Waals surface area contributed by atoms with Crippen molar-refractivity contribution < 1.29 is 14.3 Å². The molecule has 120 valence electrons. The second-order valence-corrected chi connectivity index (χ2v) is 5.51. The normalized spacial score (nSPS) is 12.3. The monoisotopic (exact) mass is 312 g/mol. The Balaban J connectivity index is 1.80. The summed E-state index contributed by atoms with van der Waals surface area (Å²) in [4.78, 5) is 4.44. The topological polar surface area (TPSA) is 60.4 Å². The predicted molar refractivity (Wildman–Crippen MR) is 87.6 cm³/mol. The van der Waals surface area contributed by atoms with E-state index in [0.717, 1.165) is 30.0 Å². The van der Waals surface area contributed by atoms with Gasteiger partial charge < -0.3 is 18.8 Å². The number of hydrogen-bond donors (Lipinski definition) is 1. The van der Waals surface area contributed by atoms with Crippen molar-refractivity contribution in [3.63, 3.8) is 0 Å². The fraction of sp³-hybridized carbons (Fsp3) is 0.278. The van der Waals surface area contributed by atoms with Crippen LogP contribution in [0.3, 0.4) is 0 Å². The molecule has 5 heteroatoms.